The number of rotatable bonds is 7. The van der Waals surface area contributed by atoms with Crippen molar-refractivity contribution < 1.29 is 9.47 Å². The second-order valence-corrected chi connectivity index (χ2v) is 8.31. The van der Waals surface area contributed by atoms with E-state index < -0.39 is 0 Å². The van der Waals surface area contributed by atoms with E-state index >= 15 is 0 Å². The SMILES string of the molecule is CN=C(NCC(C)Oc1cccc(OC)c1)NC1CCN(C2CCCCC2)CC1.I. The Morgan fingerprint density at radius 2 is 1.83 bits per heavy atom. The Morgan fingerprint density at radius 1 is 1.13 bits per heavy atom. The third-order valence-electron chi connectivity index (χ3n) is 6.12. The summed E-state index contributed by atoms with van der Waals surface area (Å²) in [4.78, 5) is 7.12. The number of nitrogens with one attached hydrogen (secondary N) is 2. The highest BCUT2D eigenvalue weighted by Gasteiger charge is 2.26. The first-order chi connectivity index (χ1) is 14.2. The average molecular weight is 530 g/mol. The van der Waals surface area contributed by atoms with Crippen LogP contribution in [0.2, 0.25) is 0 Å². The van der Waals surface area contributed by atoms with Gasteiger partial charge in [-0.1, -0.05) is 25.3 Å². The molecule has 0 spiro atoms. The molecule has 6 nitrogen and oxygen atoms in total. The lowest BCUT2D eigenvalue weighted by Crippen LogP contribution is -2.51. The normalized spacial score (nSPS) is 20.2. The van der Waals surface area contributed by atoms with Crippen LogP contribution in [0.3, 0.4) is 0 Å². The monoisotopic (exact) mass is 530 g/mol. The Labute approximate surface area is 199 Å². The summed E-state index contributed by atoms with van der Waals surface area (Å²) in [6, 6.07) is 9.04. The molecule has 1 aliphatic carbocycles. The van der Waals surface area contributed by atoms with E-state index in [-0.39, 0.29) is 30.1 Å². The van der Waals surface area contributed by atoms with Gasteiger partial charge in [0.15, 0.2) is 5.96 Å². The number of aliphatic imine (C=N–C) groups is 1. The van der Waals surface area contributed by atoms with Gasteiger partial charge in [-0.25, -0.2) is 0 Å². The molecule has 170 valence electrons. The molecule has 3 rings (SSSR count). The lowest BCUT2D eigenvalue weighted by Gasteiger charge is -2.39. The molecule has 7 heteroatoms. The lowest BCUT2D eigenvalue weighted by molar-refractivity contribution is 0.119. The number of guanidine groups is 1. The van der Waals surface area contributed by atoms with Crippen molar-refractivity contribution in [3.8, 4) is 11.5 Å². The van der Waals surface area contributed by atoms with Gasteiger partial charge in [0.2, 0.25) is 0 Å². The van der Waals surface area contributed by atoms with Crippen molar-refractivity contribution in [1.29, 1.82) is 0 Å². The summed E-state index contributed by atoms with van der Waals surface area (Å²) in [5.74, 6) is 2.48. The number of ether oxygens (including phenoxy) is 2. The van der Waals surface area contributed by atoms with Gasteiger partial charge in [-0.3, -0.25) is 4.99 Å². The maximum atomic E-state index is 5.99. The Bertz CT molecular complexity index is 644. The first kappa shape index (κ1) is 25.0. The summed E-state index contributed by atoms with van der Waals surface area (Å²) in [7, 11) is 3.50. The minimum atomic E-state index is 0. The maximum Gasteiger partial charge on any atom is 0.191 e. The number of benzene rings is 1. The molecule has 2 N–H and O–H groups in total. The van der Waals surface area contributed by atoms with E-state index in [9.17, 15) is 0 Å². The van der Waals surface area contributed by atoms with E-state index in [1.165, 1.54) is 58.0 Å². The predicted octanol–water partition coefficient (Wildman–Crippen LogP) is 4.04. The van der Waals surface area contributed by atoms with Crippen molar-refractivity contribution >= 4 is 29.9 Å². The average Bonchev–Trinajstić information content (AvgIpc) is 2.77. The molecule has 1 unspecified atom stereocenters. The zero-order chi connectivity index (χ0) is 20.5. The second-order valence-electron chi connectivity index (χ2n) is 8.31. The number of hydrogen-bond acceptors (Lipinski definition) is 4. The highest BCUT2D eigenvalue weighted by Crippen LogP contribution is 2.25. The summed E-state index contributed by atoms with van der Waals surface area (Å²) in [6.45, 7) is 5.16. The lowest BCUT2D eigenvalue weighted by atomic mass is 9.92. The summed E-state index contributed by atoms with van der Waals surface area (Å²) < 4.78 is 11.2. The van der Waals surface area contributed by atoms with Gasteiger partial charge in [0.05, 0.1) is 13.7 Å². The standard InChI is InChI=1S/C23H38N4O2.HI/c1-18(29-22-11-7-10-21(16-22)28-3)17-25-23(24-2)26-19-12-14-27(15-13-19)20-8-5-4-6-9-20;/h7,10-11,16,18-20H,4-6,8-9,12-15,17H2,1-3H3,(H2,24,25,26);1H. The molecular weight excluding hydrogens is 491 g/mol. The largest absolute Gasteiger partial charge is 0.497 e. The third-order valence-corrected chi connectivity index (χ3v) is 6.12. The molecule has 1 saturated heterocycles. The molecule has 1 aliphatic heterocycles. The Balaban J connectivity index is 0.00000320. The molecule has 1 aromatic rings. The van der Waals surface area contributed by atoms with Crippen molar-refractivity contribution in [1.82, 2.24) is 15.5 Å². The van der Waals surface area contributed by atoms with Crippen LogP contribution in [-0.2, 0) is 0 Å². The molecular formula is C23H39IN4O2. The van der Waals surface area contributed by atoms with E-state index in [4.69, 9.17) is 9.47 Å². The van der Waals surface area contributed by atoms with Gasteiger partial charge in [0, 0.05) is 38.3 Å². The van der Waals surface area contributed by atoms with Gasteiger partial charge in [0.25, 0.3) is 0 Å². The first-order valence-corrected chi connectivity index (χ1v) is 11.2. The number of likely N-dealkylation sites (tertiary alicyclic amines) is 1. The van der Waals surface area contributed by atoms with E-state index in [2.05, 4.69) is 27.4 Å². The molecule has 2 fully saturated rings. The minimum Gasteiger partial charge on any atom is -0.497 e. The summed E-state index contributed by atoms with van der Waals surface area (Å²) >= 11 is 0. The number of piperidine rings is 1. The fraction of sp³-hybridized carbons (Fsp3) is 0.696. The van der Waals surface area contributed by atoms with Crippen molar-refractivity contribution in [3.63, 3.8) is 0 Å². The highest BCUT2D eigenvalue weighted by atomic mass is 127. The summed E-state index contributed by atoms with van der Waals surface area (Å²) in [5.41, 5.74) is 0. The Hall–Kier alpha value is -1.22. The topological polar surface area (TPSA) is 58.1 Å². The zero-order valence-corrected chi connectivity index (χ0v) is 21.1. The van der Waals surface area contributed by atoms with Crippen LogP contribution in [0.1, 0.15) is 51.9 Å². The van der Waals surface area contributed by atoms with E-state index in [1.54, 1.807) is 7.11 Å². The second kappa shape index (κ2) is 13.2. The van der Waals surface area contributed by atoms with Crippen LogP contribution in [0.25, 0.3) is 0 Å². The third kappa shape index (κ3) is 7.80. The molecule has 0 aromatic heterocycles. The fourth-order valence-electron chi connectivity index (χ4n) is 4.43. The van der Waals surface area contributed by atoms with Crippen LogP contribution in [0.4, 0.5) is 0 Å². The van der Waals surface area contributed by atoms with Gasteiger partial charge in [-0.2, -0.15) is 0 Å². The van der Waals surface area contributed by atoms with Gasteiger partial charge >= 0.3 is 0 Å². The van der Waals surface area contributed by atoms with Crippen molar-refractivity contribution in [2.75, 3.05) is 33.8 Å². The molecule has 1 saturated carbocycles. The van der Waals surface area contributed by atoms with E-state index in [0.29, 0.717) is 12.6 Å². The molecule has 1 heterocycles. The van der Waals surface area contributed by atoms with E-state index in [1.807, 2.05) is 31.3 Å². The maximum absolute atomic E-state index is 5.99. The van der Waals surface area contributed by atoms with Crippen LogP contribution >= 0.6 is 24.0 Å². The van der Waals surface area contributed by atoms with Crippen molar-refractivity contribution in [3.05, 3.63) is 24.3 Å². The van der Waals surface area contributed by atoms with Crippen molar-refractivity contribution in [2.24, 2.45) is 4.99 Å². The van der Waals surface area contributed by atoms with Crippen LogP contribution < -0.4 is 20.1 Å². The Kier molecular flexibility index (Phi) is 11.1. The minimum absolute atomic E-state index is 0. The van der Waals surface area contributed by atoms with E-state index in [0.717, 1.165) is 23.5 Å². The van der Waals surface area contributed by atoms with Crippen LogP contribution in [0.15, 0.2) is 29.3 Å². The zero-order valence-electron chi connectivity index (χ0n) is 18.7. The van der Waals surface area contributed by atoms with Crippen LogP contribution in [0, 0.1) is 0 Å². The molecule has 1 atom stereocenters. The summed E-state index contributed by atoms with van der Waals surface area (Å²) in [6.07, 6.45) is 9.44. The van der Waals surface area contributed by atoms with Gasteiger partial charge in [-0.05, 0) is 44.7 Å². The smallest absolute Gasteiger partial charge is 0.191 e. The molecule has 1 aromatic carbocycles. The van der Waals surface area contributed by atoms with Gasteiger partial charge in [0.1, 0.15) is 17.6 Å². The molecule has 30 heavy (non-hydrogen) atoms. The van der Waals surface area contributed by atoms with Crippen LogP contribution in [-0.4, -0.2) is 62.8 Å². The number of methoxy groups -OCH3 is 1. The highest BCUT2D eigenvalue weighted by molar-refractivity contribution is 14.0. The number of hydrogen-bond donors (Lipinski definition) is 2. The molecule has 0 radical (unpaired) electrons. The molecule has 2 aliphatic rings. The predicted molar refractivity (Wildman–Crippen MR) is 134 cm³/mol. The summed E-state index contributed by atoms with van der Waals surface area (Å²) in [5, 5.41) is 7.01. The first-order valence-electron chi connectivity index (χ1n) is 11.2. The fourth-order valence-corrected chi connectivity index (χ4v) is 4.43. The van der Waals surface area contributed by atoms with Crippen LogP contribution in [0.5, 0.6) is 11.5 Å². The number of halogens is 1. The van der Waals surface area contributed by atoms with Gasteiger partial charge in [-0.15, -0.1) is 24.0 Å². The molecule has 0 amide bonds. The van der Waals surface area contributed by atoms with Crippen molar-refractivity contribution in [2.45, 2.75) is 70.1 Å². The number of nitrogens with zero attached hydrogens (tertiary/aromatic N) is 2. The molecule has 0 bridgehead atoms. The Morgan fingerprint density at radius 3 is 2.50 bits per heavy atom. The van der Waals surface area contributed by atoms with Gasteiger partial charge < -0.3 is 25.0 Å². The quantitative estimate of drug-likeness (QED) is 0.317.